The molecule has 1 aliphatic rings. The molecule has 5 nitrogen and oxygen atoms in total. The number of amides is 1. The van der Waals surface area contributed by atoms with E-state index in [1.54, 1.807) is 18.6 Å². The van der Waals surface area contributed by atoms with Gasteiger partial charge >= 0.3 is 0 Å². The van der Waals surface area contributed by atoms with Crippen molar-refractivity contribution in [2.75, 3.05) is 6.54 Å². The minimum atomic E-state index is -0.0366. The van der Waals surface area contributed by atoms with Crippen LogP contribution in [0.2, 0.25) is 0 Å². The summed E-state index contributed by atoms with van der Waals surface area (Å²) in [5.74, 6) is 0.0605. The van der Waals surface area contributed by atoms with Crippen molar-refractivity contribution in [2.45, 2.75) is 31.8 Å². The molecule has 1 aromatic heterocycles. The van der Waals surface area contributed by atoms with Gasteiger partial charge in [0.1, 0.15) is 0 Å². The Morgan fingerprint density at radius 1 is 1.50 bits per heavy atom. The molecule has 2 heterocycles. The summed E-state index contributed by atoms with van der Waals surface area (Å²) in [6.45, 7) is 1.38. The van der Waals surface area contributed by atoms with Crippen molar-refractivity contribution >= 4 is 5.91 Å². The van der Waals surface area contributed by atoms with E-state index in [0.717, 1.165) is 31.5 Å². The maximum Gasteiger partial charge on any atom is 0.237 e. The molecule has 0 radical (unpaired) electrons. The van der Waals surface area contributed by atoms with E-state index in [4.69, 9.17) is 0 Å². The zero-order valence-corrected chi connectivity index (χ0v) is 9.15. The standard InChI is InChI=1S/C11H16N4O/c16-11(10-3-1-2-4-14-10)15-8-9-7-12-5-6-13-9/h5-7,10,14H,1-4,8H2,(H,15,16). The summed E-state index contributed by atoms with van der Waals surface area (Å²) < 4.78 is 0. The van der Waals surface area contributed by atoms with Crippen LogP contribution >= 0.6 is 0 Å². The third-order valence-corrected chi connectivity index (χ3v) is 2.69. The predicted octanol–water partition coefficient (Wildman–Crippen LogP) is 0.235. The van der Waals surface area contributed by atoms with Gasteiger partial charge in [0.05, 0.1) is 24.5 Å². The number of nitrogens with zero attached hydrogens (tertiary/aromatic N) is 2. The lowest BCUT2D eigenvalue weighted by Crippen LogP contribution is -2.46. The monoisotopic (exact) mass is 220 g/mol. The van der Waals surface area contributed by atoms with E-state index in [0.29, 0.717) is 6.54 Å². The minimum absolute atomic E-state index is 0.0366. The van der Waals surface area contributed by atoms with Crippen LogP contribution in [0.25, 0.3) is 0 Å². The average molecular weight is 220 g/mol. The number of hydrogen-bond acceptors (Lipinski definition) is 4. The normalized spacial score (nSPS) is 20.4. The largest absolute Gasteiger partial charge is 0.349 e. The molecule has 1 amide bonds. The number of carbonyl (C=O) groups excluding carboxylic acids is 1. The number of nitrogens with one attached hydrogen (secondary N) is 2. The summed E-state index contributed by atoms with van der Waals surface area (Å²) in [4.78, 5) is 19.8. The maximum atomic E-state index is 11.7. The Morgan fingerprint density at radius 3 is 3.12 bits per heavy atom. The van der Waals surface area contributed by atoms with E-state index in [9.17, 15) is 4.79 Å². The smallest absolute Gasteiger partial charge is 0.237 e. The van der Waals surface area contributed by atoms with Gasteiger partial charge in [-0.1, -0.05) is 6.42 Å². The van der Waals surface area contributed by atoms with E-state index in [1.165, 1.54) is 0 Å². The van der Waals surface area contributed by atoms with Gasteiger partial charge in [0, 0.05) is 12.4 Å². The SMILES string of the molecule is O=C(NCc1cnccn1)C1CCCCN1. The second kappa shape index (κ2) is 5.55. The zero-order chi connectivity index (χ0) is 11.2. The molecule has 2 rings (SSSR count). The first kappa shape index (κ1) is 11.0. The van der Waals surface area contributed by atoms with Gasteiger partial charge in [0.25, 0.3) is 0 Å². The molecule has 1 atom stereocenters. The third-order valence-electron chi connectivity index (χ3n) is 2.69. The Kier molecular flexibility index (Phi) is 3.82. The molecule has 0 saturated carbocycles. The van der Waals surface area contributed by atoms with Crippen LogP contribution in [0.5, 0.6) is 0 Å². The molecular formula is C11H16N4O. The average Bonchev–Trinajstić information content (AvgIpc) is 2.38. The molecule has 1 saturated heterocycles. The Morgan fingerprint density at radius 2 is 2.44 bits per heavy atom. The van der Waals surface area contributed by atoms with Crippen molar-refractivity contribution in [1.29, 1.82) is 0 Å². The van der Waals surface area contributed by atoms with E-state index >= 15 is 0 Å². The minimum Gasteiger partial charge on any atom is -0.349 e. The molecule has 86 valence electrons. The molecule has 1 fully saturated rings. The fourth-order valence-corrected chi connectivity index (χ4v) is 1.80. The zero-order valence-electron chi connectivity index (χ0n) is 9.15. The van der Waals surface area contributed by atoms with Crippen LogP contribution in [0, 0.1) is 0 Å². The highest BCUT2D eigenvalue weighted by atomic mass is 16.2. The topological polar surface area (TPSA) is 66.9 Å². The van der Waals surface area contributed by atoms with Crippen molar-refractivity contribution in [3.63, 3.8) is 0 Å². The summed E-state index contributed by atoms with van der Waals surface area (Å²) in [7, 11) is 0. The first-order chi connectivity index (χ1) is 7.86. The van der Waals surface area contributed by atoms with Crippen LogP contribution in [0.3, 0.4) is 0 Å². The van der Waals surface area contributed by atoms with Crippen LogP contribution in [0.1, 0.15) is 25.0 Å². The number of rotatable bonds is 3. The third kappa shape index (κ3) is 3.00. The fraction of sp³-hybridized carbons (Fsp3) is 0.545. The highest BCUT2D eigenvalue weighted by Crippen LogP contribution is 2.06. The van der Waals surface area contributed by atoms with Crippen molar-refractivity contribution in [2.24, 2.45) is 0 Å². The lowest BCUT2D eigenvalue weighted by Gasteiger charge is -2.22. The number of carbonyl (C=O) groups is 1. The Labute approximate surface area is 94.7 Å². The van der Waals surface area contributed by atoms with Crippen molar-refractivity contribution in [3.8, 4) is 0 Å². The summed E-state index contributed by atoms with van der Waals surface area (Å²) in [5, 5.41) is 6.07. The molecule has 1 aromatic rings. The summed E-state index contributed by atoms with van der Waals surface area (Å²) in [6, 6.07) is -0.0366. The van der Waals surface area contributed by atoms with Crippen molar-refractivity contribution in [1.82, 2.24) is 20.6 Å². The van der Waals surface area contributed by atoms with E-state index < -0.39 is 0 Å². The molecule has 0 aliphatic carbocycles. The lowest BCUT2D eigenvalue weighted by molar-refractivity contribution is -0.123. The van der Waals surface area contributed by atoms with Gasteiger partial charge in [-0.2, -0.15) is 0 Å². The van der Waals surface area contributed by atoms with Gasteiger partial charge in [0.15, 0.2) is 0 Å². The summed E-state index contributed by atoms with van der Waals surface area (Å²) in [5.41, 5.74) is 0.784. The van der Waals surface area contributed by atoms with Crippen LogP contribution in [0.15, 0.2) is 18.6 Å². The number of hydrogen-bond donors (Lipinski definition) is 2. The fourth-order valence-electron chi connectivity index (χ4n) is 1.80. The molecule has 0 bridgehead atoms. The van der Waals surface area contributed by atoms with Crippen LogP contribution in [-0.4, -0.2) is 28.5 Å². The lowest BCUT2D eigenvalue weighted by atomic mass is 10.0. The second-order valence-electron chi connectivity index (χ2n) is 3.92. The predicted molar refractivity (Wildman–Crippen MR) is 59.5 cm³/mol. The van der Waals surface area contributed by atoms with E-state index in [-0.39, 0.29) is 11.9 Å². The number of piperidine rings is 1. The van der Waals surface area contributed by atoms with Gasteiger partial charge in [-0.05, 0) is 19.4 Å². The maximum absolute atomic E-state index is 11.7. The molecule has 5 heteroatoms. The Balaban J connectivity index is 1.79. The molecule has 1 aliphatic heterocycles. The first-order valence-corrected chi connectivity index (χ1v) is 5.62. The molecule has 1 unspecified atom stereocenters. The molecular weight excluding hydrogens is 204 g/mol. The highest BCUT2D eigenvalue weighted by Gasteiger charge is 2.19. The van der Waals surface area contributed by atoms with Crippen molar-refractivity contribution in [3.05, 3.63) is 24.3 Å². The van der Waals surface area contributed by atoms with Crippen molar-refractivity contribution < 1.29 is 4.79 Å². The number of aromatic nitrogens is 2. The molecule has 2 N–H and O–H groups in total. The van der Waals surface area contributed by atoms with Gasteiger partial charge in [-0.15, -0.1) is 0 Å². The molecule has 16 heavy (non-hydrogen) atoms. The quantitative estimate of drug-likeness (QED) is 0.765. The van der Waals surface area contributed by atoms with Gasteiger partial charge in [-0.25, -0.2) is 0 Å². The molecule has 0 aromatic carbocycles. The summed E-state index contributed by atoms with van der Waals surface area (Å²) in [6.07, 6.45) is 8.11. The molecule has 0 spiro atoms. The van der Waals surface area contributed by atoms with E-state index in [1.807, 2.05) is 0 Å². The van der Waals surface area contributed by atoms with Crippen LogP contribution in [-0.2, 0) is 11.3 Å². The van der Waals surface area contributed by atoms with Crippen LogP contribution < -0.4 is 10.6 Å². The van der Waals surface area contributed by atoms with E-state index in [2.05, 4.69) is 20.6 Å². The highest BCUT2D eigenvalue weighted by molar-refractivity contribution is 5.81. The Hall–Kier alpha value is -1.49. The van der Waals surface area contributed by atoms with Gasteiger partial charge < -0.3 is 10.6 Å². The first-order valence-electron chi connectivity index (χ1n) is 5.62. The Bertz CT molecular complexity index is 335. The second-order valence-corrected chi connectivity index (χ2v) is 3.92. The summed E-state index contributed by atoms with van der Waals surface area (Å²) >= 11 is 0. The van der Waals surface area contributed by atoms with Gasteiger partial charge in [0.2, 0.25) is 5.91 Å². The van der Waals surface area contributed by atoms with Gasteiger partial charge in [-0.3, -0.25) is 14.8 Å². The van der Waals surface area contributed by atoms with Crippen LogP contribution in [0.4, 0.5) is 0 Å².